The van der Waals surface area contributed by atoms with Gasteiger partial charge in [0.1, 0.15) is 0 Å². The summed E-state index contributed by atoms with van der Waals surface area (Å²) < 4.78 is 0. The van der Waals surface area contributed by atoms with Crippen molar-refractivity contribution in [2.45, 2.75) is 16.2 Å². The molecule has 0 saturated carbocycles. The standard InChI is InChI=1S/C41H29NS/c1-4-14-29(15-5-1)26-31-16-10-11-23-34(31)37-27-36-35-24-12-17-30-18-13-25-38(41(30)35)42(32-19-6-2-7-20-32)39(36)28-40(37)43-33-21-8-3-9-22-33/h1-25,27-28H,26H2/p+1. The summed E-state index contributed by atoms with van der Waals surface area (Å²) in [5.41, 5.74) is 11.4. The zero-order valence-corrected chi connectivity index (χ0v) is 24.6. The maximum Gasteiger partial charge on any atom is 0.168 e. The molecule has 1 heterocycles. The van der Waals surface area contributed by atoms with Crippen LogP contribution in [0.5, 0.6) is 0 Å². The van der Waals surface area contributed by atoms with Crippen LogP contribution in [0.1, 0.15) is 11.1 Å². The first-order chi connectivity index (χ1) is 21.3. The van der Waals surface area contributed by atoms with Crippen LogP contribution in [0.3, 0.4) is 0 Å². The highest BCUT2D eigenvalue weighted by Gasteiger charge is 2.30. The maximum atomic E-state index is 2.46. The van der Waals surface area contributed by atoms with E-state index in [4.69, 9.17) is 0 Å². The summed E-state index contributed by atoms with van der Waals surface area (Å²) in [6.07, 6.45) is 0.893. The van der Waals surface area contributed by atoms with Gasteiger partial charge in [-0.3, -0.25) is 0 Å². The van der Waals surface area contributed by atoms with Gasteiger partial charge in [-0.25, -0.2) is 0 Å². The van der Waals surface area contributed by atoms with Crippen LogP contribution in [0.4, 0.5) is 17.1 Å². The second-order valence-electron chi connectivity index (χ2n) is 11.0. The van der Waals surface area contributed by atoms with Crippen LogP contribution < -0.4 is 4.90 Å². The van der Waals surface area contributed by atoms with Crippen molar-refractivity contribution in [3.63, 3.8) is 0 Å². The highest BCUT2D eigenvalue weighted by atomic mass is 32.2. The predicted molar refractivity (Wildman–Crippen MR) is 184 cm³/mol. The first-order valence-electron chi connectivity index (χ1n) is 14.8. The molecule has 0 amide bonds. The molecule has 0 saturated heterocycles. The number of thiol groups is 1. The Morgan fingerprint density at radius 1 is 0.465 bits per heavy atom. The number of nitrogens with zero attached hydrogens (tertiary/aromatic N) is 1. The fourth-order valence-electron chi connectivity index (χ4n) is 6.40. The van der Waals surface area contributed by atoms with Crippen LogP contribution in [-0.4, -0.2) is 0 Å². The Labute approximate surface area is 257 Å². The van der Waals surface area contributed by atoms with Gasteiger partial charge in [0.25, 0.3) is 0 Å². The Morgan fingerprint density at radius 3 is 1.91 bits per heavy atom. The average molecular weight is 569 g/mol. The number of benzene rings is 7. The molecule has 0 spiro atoms. The van der Waals surface area contributed by atoms with Crippen LogP contribution in [0.2, 0.25) is 0 Å². The lowest BCUT2D eigenvalue weighted by atomic mass is 9.87. The van der Waals surface area contributed by atoms with Crippen molar-refractivity contribution >= 4 is 39.6 Å². The molecular weight excluding hydrogens is 539 g/mol. The fraction of sp³-hybridized carbons (Fsp3) is 0.0244. The van der Waals surface area contributed by atoms with Gasteiger partial charge in [-0.2, -0.15) is 0 Å². The van der Waals surface area contributed by atoms with E-state index in [0.29, 0.717) is 0 Å². The molecule has 204 valence electrons. The summed E-state index contributed by atoms with van der Waals surface area (Å²) in [6, 6.07) is 59.7. The van der Waals surface area contributed by atoms with E-state index in [0.717, 1.165) is 6.42 Å². The van der Waals surface area contributed by atoms with Crippen LogP contribution in [0.15, 0.2) is 174 Å². The molecule has 0 bridgehead atoms. The fourth-order valence-corrected chi connectivity index (χ4v) is 7.49. The molecule has 43 heavy (non-hydrogen) atoms. The van der Waals surface area contributed by atoms with Crippen LogP contribution in [0.25, 0.3) is 33.0 Å². The van der Waals surface area contributed by atoms with E-state index < -0.39 is 0 Å². The third kappa shape index (κ3) is 4.70. The first kappa shape index (κ1) is 25.6. The molecule has 2 heteroatoms. The van der Waals surface area contributed by atoms with Crippen molar-refractivity contribution in [3.05, 3.63) is 175 Å². The molecule has 8 rings (SSSR count). The summed E-state index contributed by atoms with van der Waals surface area (Å²) >= 11 is 1.19. The van der Waals surface area contributed by atoms with E-state index in [1.165, 1.54) is 82.8 Å². The summed E-state index contributed by atoms with van der Waals surface area (Å²) in [5.74, 6) is 0. The van der Waals surface area contributed by atoms with Gasteiger partial charge < -0.3 is 4.90 Å². The van der Waals surface area contributed by atoms with Gasteiger partial charge in [0, 0.05) is 40.0 Å². The van der Waals surface area contributed by atoms with Gasteiger partial charge in [-0.15, -0.1) is 0 Å². The third-order valence-corrected chi connectivity index (χ3v) is 9.50. The summed E-state index contributed by atoms with van der Waals surface area (Å²) in [6.45, 7) is 0. The van der Waals surface area contributed by atoms with Crippen molar-refractivity contribution in [2.75, 3.05) is 4.90 Å². The van der Waals surface area contributed by atoms with Crippen molar-refractivity contribution in [2.24, 2.45) is 0 Å². The van der Waals surface area contributed by atoms with Crippen LogP contribution >= 0.6 is 0 Å². The molecule has 0 atom stereocenters. The largest absolute Gasteiger partial charge is 0.309 e. The number of rotatable bonds is 6. The summed E-state index contributed by atoms with van der Waals surface area (Å²) in [4.78, 5) is 5.04. The molecule has 1 aliphatic rings. The van der Waals surface area contributed by atoms with Gasteiger partial charge in [-0.1, -0.05) is 121 Å². The van der Waals surface area contributed by atoms with Gasteiger partial charge in [0.15, 0.2) is 9.79 Å². The highest BCUT2D eigenvalue weighted by molar-refractivity contribution is 7.78. The summed E-state index contributed by atoms with van der Waals surface area (Å²) in [7, 11) is 0. The number of para-hydroxylation sites is 1. The SMILES string of the molecule is c1ccc(Cc2ccccc2-c2cc3c(cc2[SH+]c2ccccc2)N(c2ccccc2)c2cccc4cccc-3c24)cc1. The number of hydrogen-bond acceptors (Lipinski definition) is 1. The lowest BCUT2D eigenvalue weighted by molar-refractivity contribution is 1.19. The van der Waals surface area contributed by atoms with Crippen LogP contribution in [-0.2, 0) is 18.2 Å². The van der Waals surface area contributed by atoms with Crippen molar-refractivity contribution in [1.82, 2.24) is 0 Å². The number of hydrogen-bond donors (Lipinski definition) is 0. The lowest BCUT2D eigenvalue weighted by Crippen LogP contribution is -2.15. The van der Waals surface area contributed by atoms with E-state index in [2.05, 4.69) is 169 Å². The number of anilines is 3. The monoisotopic (exact) mass is 568 g/mol. The number of fused-ring (bicyclic) bond motifs is 2. The molecule has 0 N–H and O–H groups in total. The minimum Gasteiger partial charge on any atom is -0.309 e. The summed E-state index contributed by atoms with van der Waals surface area (Å²) in [5, 5.41) is 2.57. The maximum absolute atomic E-state index is 2.46. The third-order valence-electron chi connectivity index (χ3n) is 8.33. The van der Waals surface area contributed by atoms with E-state index in [-0.39, 0.29) is 0 Å². The Hall–Kier alpha value is -5.05. The van der Waals surface area contributed by atoms with Gasteiger partial charge in [0.05, 0.1) is 11.4 Å². The van der Waals surface area contributed by atoms with Gasteiger partial charge in [0.2, 0.25) is 0 Å². The Kier molecular flexibility index (Phi) is 6.55. The molecule has 0 aromatic heterocycles. The minimum atomic E-state index is 0.893. The van der Waals surface area contributed by atoms with E-state index in [1.807, 2.05) is 0 Å². The van der Waals surface area contributed by atoms with Gasteiger partial charge >= 0.3 is 0 Å². The zero-order valence-electron chi connectivity index (χ0n) is 23.7. The van der Waals surface area contributed by atoms with E-state index in [9.17, 15) is 0 Å². The smallest absolute Gasteiger partial charge is 0.168 e. The van der Waals surface area contributed by atoms with E-state index >= 15 is 0 Å². The predicted octanol–water partition coefficient (Wildman–Crippen LogP) is 10.8. The Balaban J connectivity index is 1.41. The molecule has 0 aliphatic carbocycles. The molecule has 0 fully saturated rings. The van der Waals surface area contributed by atoms with Crippen molar-refractivity contribution < 1.29 is 0 Å². The quantitative estimate of drug-likeness (QED) is 0.142. The Bertz CT molecular complexity index is 2060. The molecule has 1 aliphatic heterocycles. The zero-order chi connectivity index (χ0) is 28.6. The topological polar surface area (TPSA) is 3.24 Å². The first-order valence-corrected chi connectivity index (χ1v) is 15.7. The molecule has 1 nitrogen and oxygen atoms in total. The van der Waals surface area contributed by atoms with Crippen molar-refractivity contribution in [3.8, 4) is 22.3 Å². The molecule has 7 aromatic carbocycles. The minimum absolute atomic E-state index is 0.893. The molecular formula is C41H30NS+. The van der Waals surface area contributed by atoms with Crippen molar-refractivity contribution in [1.29, 1.82) is 0 Å². The second-order valence-corrected chi connectivity index (χ2v) is 12.2. The molecule has 0 unspecified atom stereocenters. The second kappa shape index (κ2) is 11.0. The normalized spacial score (nSPS) is 11.9. The molecule has 0 radical (unpaired) electrons. The highest BCUT2D eigenvalue weighted by Crippen LogP contribution is 2.52. The average Bonchev–Trinajstić information content (AvgIpc) is 3.07. The van der Waals surface area contributed by atoms with Gasteiger partial charge in [-0.05, 0) is 70.5 Å². The van der Waals surface area contributed by atoms with Crippen LogP contribution in [0, 0.1) is 0 Å². The lowest BCUT2D eigenvalue weighted by Gasteiger charge is -2.34. The molecule has 7 aromatic rings. The van der Waals surface area contributed by atoms with E-state index in [1.54, 1.807) is 0 Å². The Morgan fingerprint density at radius 2 is 1.12 bits per heavy atom.